The van der Waals surface area contributed by atoms with Gasteiger partial charge in [0.15, 0.2) is 0 Å². The van der Waals surface area contributed by atoms with Crippen molar-refractivity contribution >= 4 is 38.3 Å². The van der Waals surface area contributed by atoms with Gasteiger partial charge in [-0.15, -0.1) is 0 Å². The van der Waals surface area contributed by atoms with Gasteiger partial charge in [0.25, 0.3) is 5.69 Å². The van der Waals surface area contributed by atoms with Crippen molar-refractivity contribution in [2.24, 2.45) is 0 Å². The lowest BCUT2D eigenvalue weighted by Gasteiger charge is -2.06. The van der Waals surface area contributed by atoms with Crippen LogP contribution in [0.1, 0.15) is 12.2 Å². The average molecular weight is 375 g/mol. The second kappa shape index (κ2) is 6.78. The minimum atomic E-state index is -0.383. The molecule has 0 unspecified atom stereocenters. The molecule has 0 bridgehead atoms. The van der Waals surface area contributed by atoms with Gasteiger partial charge in [0.2, 0.25) is 0 Å². The van der Waals surface area contributed by atoms with Crippen LogP contribution in [0, 0.1) is 10.1 Å². The molecule has 0 saturated heterocycles. The fraction of sp³-hybridized carbons (Fsp3) is 0.188. The summed E-state index contributed by atoms with van der Waals surface area (Å²) < 4.78 is 0.692. The first kappa shape index (κ1) is 15.5. The monoisotopic (exact) mass is 374 g/mol. The zero-order valence-corrected chi connectivity index (χ0v) is 13.8. The number of fused-ring (bicyclic) bond motifs is 1. The van der Waals surface area contributed by atoms with Crippen LogP contribution in [0.2, 0.25) is 0 Å². The van der Waals surface area contributed by atoms with Gasteiger partial charge in [0.1, 0.15) is 11.5 Å². The highest BCUT2D eigenvalue weighted by Gasteiger charge is 2.13. The van der Waals surface area contributed by atoms with Crippen molar-refractivity contribution in [1.29, 1.82) is 0 Å². The molecule has 118 valence electrons. The van der Waals surface area contributed by atoms with Crippen LogP contribution in [0.15, 0.2) is 46.9 Å². The van der Waals surface area contributed by atoms with Gasteiger partial charge in [-0.05, 0) is 30.7 Å². The molecule has 0 aliphatic rings. The van der Waals surface area contributed by atoms with Crippen molar-refractivity contribution in [2.45, 2.75) is 12.8 Å². The summed E-state index contributed by atoms with van der Waals surface area (Å²) in [6.07, 6.45) is 1.61. The van der Waals surface area contributed by atoms with E-state index in [0.29, 0.717) is 16.7 Å². The number of nitrogens with one attached hydrogen (secondary N) is 2. The molecule has 6 nitrogen and oxygen atoms in total. The first-order valence-corrected chi connectivity index (χ1v) is 8.04. The van der Waals surface area contributed by atoms with Crippen LogP contribution < -0.4 is 5.32 Å². The number of H-pyrrole nitrogens is 1. The highest BCUT2D eigenvalue weighted by Crippen LogP contribution is 2.27. The molecule has 0 aliphatic carbocycles. The smallest absolute Gasteiger partial charge is 0.293 e. The number of nitro benzene ring substituents is 1. The summed E-state index contributed by atoms with van der Waals surface area (Å²) >= 11 is 3.25. The van der Waals surface area contributed by atoms with Crippen molar-refractivity contribution in [3.63, 3.8) is 0 Å². The van der Waals surface area contributed by atoms with Crippen LogP contribution in [0.4, 0.5) is 11.4 Å². The summed E-state index contributed by atoms with van der Waals surface area (Å²) in [5.74, 6) is 0.929. The third-order valence-corrected chi connectivity index (χ3v) is 3.99. The topological polar surface area (TPSA) is 83.8 Å². The first-order valence-electron chi connectivity index (χ1n) is 7.25. The van der Waals surface area contributed by atoms with E-state index >= 15 is 0 Å². The van der Waals surface area contributed by atoms with Gasteiger partial charge >= 0.3 is 0 Å². The Hall–Kier alpha value is -2.41. The number of imidazole rings is 1. The maximum Gasteiger partial charge on any atom is 0.293 e. The van der Waals surface area contributed by atoms with E-state index in [0.717, 1.165) is 29.7 Å². The highest BCUT2D eigenvalue weighted by molar-refractivity contribution is 9.10. The molecule has 0 fully saturated rings. The number of rotatable bonds is 6. The number of halogens is 1. The molecule has 3 rings (SSSR count). The zero-order valence-electron chi connectivity index (χ0n) is 12.3. The molecular weight excluding hydrogens is 360 g/mol. The highest BCUT2D eigenvalue weighted by atomic mass is 79.9. The van der Waals surface area contributed by atoms with Gasteiger partial charge < -0.3 is 10.3 Å². The molecule has 1 heterocycles. The lowest BCUT2D eigenvalue weighted by Crippen LogP contribution is -2.05. The van der Waals surface area contributed by atoms with Crippen molar-refractivity contribution < 1.29 is 4.92 Å². The van der Waals surface area contributed by atoms with Crippen molar-refractivity contribution in [3.05, 3.63) is 62.9 Å². The number of nitrogens with zero attached hydrogens (tertiary/aromatic N) is 2. The Bertz CT molecular complexity index is 814. The second-order valence-corrected chi connectivity index (χ2v) is 6.07. The first-order chi connectivity index (χ1) is 11.1. The summed E-state index contributed by atoms with van der Waals surface area (Å²) in [6, 6.07) is 12.9. The quantitative estimate of drug-likeness (QED) is 0.383. The zero-order chi connectivity index (χ0) is 16.2. The standard InChI is InChI=1S/C16H15BrN4O2/c17-11-7-8-14(15(10-11)21(22)23)18-9-3-6-16-19-12-4-1-2-5-13(12)20-16/h1-2,4-5,7-8,10,18H,3,6,9H2,(H,19,20). The second-order valence-electron chi connectivity index (χ2n) is 5.15. The minimum absolute atomic E-state index is 0.0723. The molecule has 0 saturated carbocycles. The Morgan fingerprint density at radius 1 is 1.26 bits per heavy atom. The molecule has 0 aliphatic heterocycles. The van der Waals surface area contributed by atoms with E-state index < -0.39 is 0 Å². The number of anilines is 1. The van der Waals surface area contributed by atoms with E-state index in [9.17, 15) is 10.1 Å². The fourth-order valence-corrected chi connectivity index (χ4v) is 2.76. The number of aryl methyl sites for hydroxylation is 1. The molecule has 2 N–H and O–H groups in total. The number of nitro groups is 1. The number of aromatic amines is 1. The van der Waals surface area contributed by atoms with Crippen LogP contribution in [0.25, 0.3) is 11.0 Å². The van der Waals surface area contributed by atoms with Gasteiger partial charge in [0.05, 0.1) is 16.0 Å². The Morgan fingerprint density at radius 3 is 2.87 bits per heavy atom. The van der Waals surface area contributed by atoms with Gasteiger partial charge in [-0.3, -0.25) is 10.1 Å². The third-order valence-electron chi connectivity index (χ3n) is 3.50. The maximum atomic E-state index is 11.1. The third kappa shape index (κ3) is 3.68. The number of hydrogen-bond acceptors (Lipinski definition) is 4. The molecule has 23 heavy (non-hydrogen) atoms. The summed E-state index contributed by atoms with van der Waals surface area (Å²) in [5, 5.41) is 14.2. The Kier molecular flexibility index (Phi) is 4.57. The molecule has 7 heteroatoms. The van der Waals surface area contributed by atoms with Crippen LogP contribution >= 0.6 is 15.9 Å². The van der Waals surface area contributed by atoms with Crippen molar-refractivity contribution in [3.8, 4) is 0 Å². The minimum Gasteiger partial charge on any atom is -0.379 e. The summed E-state index contributed by atoms with van der Waals surface area (Å²) in [7, 11) is 0. The summed E-state index contributed by atoms with van der Waals surface area (Å²) in [5.41, 5.74) is 2.59. The average Bonchev–Trinajstić information content (AvgIpc) is 2.95. The normalized spacial score (nSPS) is 10.8. The van der Waals surface area contributed by atoms with E-state index in [1.54, 1.807) is 12.1 Å². The summed E-state index contributed by atoms with van der Waals surface area (Å²) in [4.78, 5) is 18.5. The molecule has 1 aromatic heterocycles. The summed E-state index contributed by atoms with van der Waals surface area (Å²) in [6.45, 7) is 0.638. The molecule has 0 atom stereocenters. The van der Waals surface area contributed by atoms with Crippen LogP contribution in [0.3, 0.4) is 0 Å². The number of aromatic nitrogens is 2. The molecule has 3 aromatic rings. The number of benzene rings is 2. The lowest BCUT2D eigenvalue weighted by molar-refractivity contribution is -0.384. The van der Waals surface area contributed by atoms with Gasteiger partial charge in [-0.1, -0.05) is 28.1 Å². The Morgan fingerprint density at radius 2 is 2.09 bits per heavy atom. The lowest BCUT2D eigenvalue weighted by atomic mass is 10.2. The predicted molar refractivity (Wildman–Crippen MR) is 93.7 cm³/mol. The Balaban J connectivity index is 1.58. The molecular formula is C16H15BrN4O2. The van der Waals surface area contributed by atoms with Gasteiger partial charge in [-0.2, -0.15) is 0 Å². The van der Waals surface area contributed by atoms with Gasteiger partial charge in [0, 0.05) is 23.5 Å². The van der Waals surface area contributed by atoms with Crippen molar-refractivity contribution in [2.75, 3.05) is 11.9 Å². The number of para-hydroxylation sites is 2. The van der Waals surface area contributed by atoms with E-state index in [-0.39, 0.29) is 10.6 Å². The largest absolute Gasteiger partial charge is 0.379 e. The molecule has 2 aromatic carbocycles. The molecule has 0 spiro atoms. The number of hydrogen-bond donors (Lipinski definition) is 2. The predicted octanol–water partition coefficient (Wildman–Crippen LogP) is 4.28. The van der Waals surface area contributed by atoms with Gasteiger partial charge in [-0.25, -0.2) is 4.98 Å². The molecule has 0 radical (unpaired) electrons. The van der Waals surface area contributed by atoms with Crippen LogP contribution in [-0.2, 0) is 6.42 Å². The SMILES string of the molecule is O=[N+]([O-])c1cc(Br)ccc1NCCCc1nc2ccccc2[nH]1. The van der Waals surface area contributed by atoms with E-state index in [1.807, 2.05) is 24.3 Å². The molecule has 0 amide bonds. The van der Waals surface area contributed by atoms with Crippen molar-refractivity contribution in [1.82, 2.24) is 9.97 Å². The van der Waals surface area contributed by atoms with Crippen LogP contribution in [0.5, 0.6) is 0 Å². The Labute approximate surface area is 141 Å². The van der Waals surface area contributed by atoms with E-state index in [2.05, 4.69) is 31.2 Å². The maximum absolute atomic E-state index is 11.1. The van der Waals surface area contributed by atoms with E-state index in [1.165, 1.54) is 6.07 Å². The fourth-order valence-electron chi connectivity index (χ4n) is 2.41. The van der Waals surface area contributed by atoms with Crippen LogP contribution in [-0.4, -0.2) is 21.4 Å². The van der Waals surface area contributed by atoms with E-state index in [4.69, 9.17) is 0 Å².